The molecule has 1 aliphatic heterocycles. The van der Waals surface area contributed by atoms with Gasteiger partial charge in [0.05, 0.1) is 12.4 Å². The van der Waals surface area contributed by atoms with Gasteiger partial charge in [0.25, 0.3) is 0 Å². The summed E-state index contributed by atoms with van der Waals surface area (Å²) >= 11 is 1.41. The second-order valence-electron chi connectivity index (χ2n) is 7.74. The van der Waals surface area contributed by atoms with E-state index in [0.717, 1.165) is 5.56 Å². The van der Waals surface area contributed by atoms with Gasteiger partial charge in [-0.1, -0.05) is 30.3 Å². The number of aliphatic hydroxyl groups is 2. The average molecular weight is 475 g/mol. The highest BCUT2D eigenvalue weighted by Gasteiger charge is 2.44. The van der Waals surface area contributed by atoms with Crippen molar-refractivity contribution in [3.05, 3.63) is 48.5 Å². The number of aliphatic carboxylic acids is 1. The molecular formula is C21H26N6O5S. The van der Waals surface area contributed by atoms with Crippen LogP contribution in [0.3, 0.4) is 0 Å². The molecule has 4 rings (SSSR count). The van der Waals surface area contributed by atoms with E-state index < -0.39 is 36.6 Å². The van der Waals surface area contributed by atoms with Gasteiger partial charge in [-0.15, -0.1) is 0 Å². The number of imidazole rings is 1. The number of nitrogens with one attached hydrogen (secondary N) is 1. The molecular weight excluding hydrogens is 448 g/mol. The number of hydrogen-bond acceptors (Lipinski definition) is 10. The number of nitrogens with zero attached hydrogens (tertiary/aromatic N) is 4. The van der Waals surface area contributed by atoms with E-state index in [1.807, 2.05) is 30.3 Å². The number of ether oxygens (including phenoxy) is 1. The molecule has 3 aromatic rings. The van der Waals surface area contributed by atoms with Gasteiger partial charge >= 0.3 is 5.97 Å². The summed E-state index contributed by atoms with van der Waals surface area (Å²) in [4.78, 5) is 23.8. The lowest BCUT2D eigenvalue weighted by molar-refractivity contribution is -0.138. The molecule has 0 radical (unpaired) electrons. The van der Waals surface area contributed by atoms with E-state index in [0.29, 0.717) is 41.5 Å². The molecule has 12 heteroatoms. The topological polar surface area (TPSA) is 169 Å². The second-order valence-corrected chi connectivity index (χ2v) is 8.89. The molecule has 5 atom stereocenters. The summed E-state index contributed by atoms with van der Waals surface area (Å²) in [5.41, 5.74) is 7.59. The van der Waals surface area contributed by atoms with Gasteiger partial charge in [-0.05, 0) is 17.7 Å². The Morgan fingerprint density at radius 3 is 2.76 bits per heavy atom. The monoisotopic (exact) mass is 474 g/mol. The number of aromatic nitrogens is 4. The fraction of sp³-hybridized carbons (Fsp3) is 0.429. The van der Waals surface area contributed by atoms with Crippen molar-refractivity contribution >= 4 is 34.7 Å². The van der Waals surface area contributed by atoms with Gasteiger partial charge in [0.15, 0.2) is 23.2 Å². The summed E-state index contributed by atoms with van der Waals surface area (Å²) in [6, 6.07) is 8.95. The zero-order chi connectivity index (χ0) is 23.4. The summed E-state index contributed by atoms with van der Waals surface area (Å²) in [6.45, 7) is 0.561. The molecule has 33 heavy (non-hydrogen) atoms. The molecule has 176 valence electrons. The van der Waals surface area contributed by atoms with Crippen LogP contribution >= 0.6 is 11.8 Å². The molecule has 0 aliphatic carbocycles. The van der Waals surface area contributed by atoms with Crippen molar-refractivity contribution in [2.24, 2.45) is 5.73 Å². The lowest BCUT2D eigenvalue weighted by atomic mass is 10.1. The fourth-order valence-corrected chi connectivity index (χ4v) is 4.67. The van der Waals surface area contributed by atoms with E-state index in [-0.39, 0.29) is 0 Å². The zero-order valence-corrected chi connectivity index (χ0v) is 18.5. The van der Waals surface area contributed by atoms with Gasteiger partial charge in [-0.3, -0.25) is 9.36 Å². The molecule has 3 heterocycles. The molecule has 0 unspecified atom stereocenters. The third-order valence-electron chi connectivity index (χ3n) is 5.45. The van der Waals surface area contributed by atoms with Gasteiger partial charge < -0.3 is 31.1 Å². The maximum absolute atomic E-state index is 10.8. The van der Waals surface area contributed by atoms with Crippen LogP contribution in [0.1, 0.15) is 18.2 Å². The molecule has 2 aromatic heterocycles. The Balaban J connectivity index is 1.42. The minimum Gasteiger partial charge on any atom is -0.480 e. The Morgan fingerprint density at radius 2 is 2.00 bits per heavy atom. The van der Waals surface area contributed by atoms with E-state index in [1.54, 1.807) is 4.57 Å². The van der Waals surface area contributed by atoms with E-state index in [2.05, 4.69) is 20.3 Å². The lowest BCUT2D eigenvalue weighted by Gasteiger charge is -2.16. The summed E-state index contributed by atoms with van der Waals surface area (Å²) in [5.74, 6) is 0.387. The zero-order valence-electron chi connectivity index (χ0n) is 17.7. The molecule has 0 amide bonds. The van der Waals surface area contributed by atoms with Crippen molar-refractivity contribution in [3.63, 3.8) is 0 Å². The SMILES string of the molecule is N[C@@H](CCSC[C@H]1O[C@@H](n2cnc3c(NCc4ccccc4)ncnc32)[C@H](O)[C@@H]1O)C(=O)O. The molecule has 0 bridgehead atoms. The van der Waals surface area contributed by atoms with Crippen LogP contribution in [0.25, 0.3) is 11.2 Å². The van der Waals surface area contributed by atoms with Crippen LogP contribution in [0.2, 0.25) is 0 Å². The number of anilines is 1. The predicted molar refractivity (Wildman–Crippen MR) is 123 cm³/mol. The molecule has 1 fully saturated rings. The number of carbonyl (C=O) groups is 1. The summed E-state index contributed by atoms with van der Waals surface area (Å²) in [5, 5.41) is 33.2. The van der Waals surface area contributed by atoms with Crippen molar-refractivity contribution in [3.8, 4) is 0 Å². The predicted octanol–water partition coefficient (Wildman–Crippen LogP) is 0.593. The van der Waals surface area contributed by atoms with Crippen LogP contribution in [0, 0.1) is 0 Å². The highest BCUT2D eigenvalue weighted by atomic mass is 32.2. The van der Waals surface area contributed by atoms with Gasteiger partial charge in [-0.25, -0.2) is 15.0 Å². The average Bonchev–Trinajstić information content (AvgIpc) is 3.37. The largest absolute Gasteiger partial charge is 0.480 e. The number of fused-ring (bicyclic) bond motifs is 1. The van der Waals surface area contributed by atoms with Crippen molar-refractivity contribution in [2.75, 3.05) is 16.8 Å². The summed E-state index contributed by atoms with van der Waals surface area (Å²) in [7, 11) is 0. The molecule has 11 nitrogen and oxygen atoms in total. The van der Waals surface area contributed by atoms with Crippen LogP contribution < -0.4 is 11.1 Å². The Hall–Kier alpha value is -2.77. The first kappa shape index (κ1) is 23.4. The maximum Gasteiger partial charge on any atom is 0.320 e. The van der Waals surface area contributed by atoms with Crippen molar-refractivity contribution in [1.29, 1.82) is 0 Å². The lowest BCUT2D eigenvalue weighted by Crippen LogP contribution is -2.33. The number of hydrogen-bond donors (Lipinski definition) is 5. The number of nitrogens with two attached hydrogens (primary N) is 1. The van der Waals surface area contributed by atoms with Crippen molar-refractivity contribution in [1.82, 2.24) is 19.5 Å². The minimum atomic E-state index is -1.18. The van der Waals surface area contributed by atoms with Gasteiger partial charge in [-0.2, -0.15) is 11.8 Å². The number of aliphatic hydroxyl groups excluding tert-OH is 2. The second kappa shape index (κ2) is 10.4. The summed E-state index contributed by atoms with van der Waals surface area (Å²) < 4.78 is 7.52. The normalized spacial score (nSPS) is 23.6. The number of benzene rings is 1. The maximum atomic E-state index is 10.8. The fourth-order valence-electron chi connectivity index (χ4n) is 3.58. The molecule has 1 saturated heterocycles. The summed E-state index contributed by atoms with van der Waals surface area (Å²) in [6.07, 6.45) is -0.564. The first-order chi connectivity index (χ1) is 16.0. The third kappa shape index (κ3) is 5.25. The number of thioether (sulfide) groups is 1. The Kier molecular flexibility index (Phi) is 7.40. The molecule has 1 aliphatic rings. The first-order valence-corrected chi connectivity index (χ1v) is 11.6. The van der Waals surface area contributed by atoms with Crippen LogP contribution in [0.15, 0.2) is 43.0 Å². The molecule has 0 spiro atoms. The van der Waals surface area contributed by atoms with Gasteiger partial charge in [0.2, 0.25) is 0 Å². The Labute approximate surface area is 194 Å². The molecule has 1 aromatic carbocycles. The van der Waals surface area contributed by atoms with Gasteiger partial charge in [0.1, 0.15) is 24.6 Å². The Bertz CT molecular complexity index is 1080. The number of rotatable bonds is 10. The smallest absolute Gasteiger partial charge is 0.320 e. The minimum absolute atomic E-state index is 0.302. The molecule has 6 N–H and O–H groups in total. The quantitative estimate of drug-likeness (QED) is 0.261. The van der Waals surface area contributed by atoms with Crippen LogP contribution in [0.4, 0.5) is 5.82 Å². The van der Waals surface area contributed by atoms with Crippen LogP contribution in [-0.2, 0) is 16.1 Å². The first-order valence-electron chi connectivity index (χ1n) is 10.5. The van der Waals surface area contributed by atoms with E-state index in [9.17, 15) is 15.0 Å². The van der Waals surface area contributed by atoms with E-state index in [1.165, 1.54) is 24.4 Å². The van der Waals surface area contributed by atoms with Crippen molar-refractivity contribution in [2.45, 2.75) is 43.5 Å². The highest BCUT2D eigenvalue weighted by molar-refractivity contribution is 7.99. The van der Waals surface area contributed by atoms with E-state index >= 15 is 0 Å². The number of carboxylic acid groups (broad SMARTS) is 1. The van der Waals surface area contributed by atoms with Gasteiger partial charge in [0, 0.05) is 12.3 Å². The molecule has 0 saturated carbocycles. The van der Waals surface area contributed by atoms with Crippen molar-refractivity contribution < 1.29 is 24.9 Å². The van der Waals surface area contributed by atoms with E-state index in [4.69, 9.17) is 15.6 Å². The standard InChI is InChI=1S/C21H26N6O5S/c22-13(21(30)31)6-7-33-9-14-16(28)17(29)20(32-14)27-11-26-15-18(24-10-25-19(15)27)23-8-12-4-2-1-3-5-12/h1-5,10-11,13-14,16-17,20,28-29H,6-9,22H2,(H,30,31)(H,23,24,25)/t13-,14+,16+,17+,20+/m0/s1. The Morgan fingerprint density at radius 1 is 1.21 bits per heavy atom. The van der Waals surface area contributed by atoms with Crippen LogP contribution in [-0.4, -0.2) is 76.7 Å². The highest BCUT2D eigenvalue weighted by Crippen LogP contribution is 2.33. The number of carboxylic acids is 1. The van der Waals surface area contributed by atoms with Crippen LogP contribution in [0.5, 0.6) is 0 Å². The third-order valence-corrected chi connectivity index (χ3v) is 6.53.